The van der Waals surface area contributed by atoms with E-state index in [0.29, 0.717) is 41.4 Å². The first-order valence-electron chi connectivity index (χ1n) is 14.5. The first-order chi connectivity index (χ1) is 22.3. The SMILES string of the molecule is O=C(O)c1ccc2nc(Cc3cc(F)c(-c4cccc(OCc5ccn(-c6ccc(F)cc6)n5)n4)cc3F)n(C[C@@H]3CCO3)c2c1. The summed E-state index contributed by atoms with van der Waals surface area (Å²) in [6.07, 6.45) is 2.47. The summed E-state index contributed by atoms with van der Waals surface area (Å²) in [6.45, 7) is 1.12. The van der Waals surface area contributed by atoms with Crippen molar-refractivity contribution in [3.8, 4) is 22.8 Å². The Labute approximate surface area is 260 Å². The van der Waals surface area contributed by atoms with Gasteiger partial charge in [0, 0.05) is 30.9 Å². The number of carbonyl (C=O) groups is 1. The van der Waals surface area contributed by atoms with Crippen LogP contribution < -0.4 is 4.74 Å². The van der Waals surface area contributed by atoms with Gasteiger partial charge < -0.3 is 19.1 Å². The van der Waals surface area contributed by atoms with Gasteiger partial charge in [0.2, 0.25) is 5.88 Å². The van der Waals surface area contributed by atoms with Gasteiger partial charge in [-0.2, -0.15) is 5.10 Å². The van der Waals surface area contributed by atoms with Gasteiger partial charge in [-0.3, -0.25) is 0 Å². The van der Waals surface area contributed by atoms with Crippen molar-refractivity contribution >= 4 is 17.0 Å². The quantitative estimate of drug-likeness (QED) is 0.189. The minimum Gasteiger partial charge on any atom is -0.478 e. The van der Waals surface area contributed by atoms with Crippen LogP contribution in [0, 0.1) is 17.5 Å². The van der Waals surface area contributed by atoms with Crippen molar-refractivity contribution in [2.75, 3.05) is 6.61 Å². The average Bonchev–Trinajstić information content (AvgIpc) is 3.64. The van der Waals surface area contributed by atoms with Gasteiger partial charge in [0.1, 0.15) is 35.6 Å². The number of benzene rings is 3. The molecule has 1 fully saturated rings. The summed E-state index contributed by atoms with van der Waals surface area (Å²) in [5.74, 6) is -2.05. The van der Waals surface area contributed by atoms with E-state index in [1.807, 2.05) is 4.57 Å². The fourth-order valence-electron chi connectivity index (χ4n) is 5.34. The second kappa shape index (κ2) is 12.1. The Morgan fingerprint density at radius 3 is 2.57 bits per heavy atom. The molecule has 0 amide bonds. The van der Waals surface area contributed by atoms with Crippen LogP contribution in [-0.4, -0.2) is 48.1 Å². The van der Waals surface area contributed by atoms with Gasteiger partial charge in [-0.15, -0.1) is 0 Å². The maximum absolute atomic E-state index is 15.5. The predicted molar refractivity (Wildman–Crippen MR) is 161 cm³/mol. The zero-order valence-corrected chi connectivity index (χ0v) is 24.2. The Kier molecular flexibility index (Phi) is 7.71. The second-order valence-electron chi connectivity index (χ2n) is 10.9. The molecule has 7 rings (SSSR count). The standard InChI is InChI=1S/C34H26F3N5O4/c35-22-5-7-24(8-6-22)42-12-10-23(40-42)19-46-33-3-1-2-29(39-33)26-17-27(36)21(14-28(26)37)16-32-38-30-9-4-20(34(43)44)15-31(30)41(32)18-25-11-13-45-25/h1-10,12,14-15,17,25H,11,13,16,18-19H2,(H,43,44)/t25-/m0/s1. The van der Waals surface area contributed by atoms with Crippen LogP contribution in [0.25, 0.3) is 28.0 Å². The zero-order chi connectivity index (χ0) is 31.8. The lowest BCUT2D eigenvalue weighted by atomic mass is 10.0. The van der Waals surface area contributed by atoms with E-state index in [1.165, 1.54) is 24.3 Å². The molecule has 0 unspecified atom stereocenters. The maximum atomic E-state index is 15.5. The maximum Gasteiger partial charge on any atom is 0.335 e. The number of nitrogens with zero attached hydrogens (tertiary/aromatic N) is 5. The average molecular weight is 626 g/mol. The van der Waals surface area contributed by atoms with E-state index in [0.717, 1.165) is 18.6 Å². The van der Waals surface area contributed by atoms with Crippen LogP contribution in [0.5, 0.6) is 5.88 Å². The van der Waals surface area contributed by atoms with Gasteiger partial charge in [-0.25, -0.2) is 32.6 Å². The van der Waals surface area contributed by atoms with Crippen LogP contribution in [-0.2, 0) is 24.3 Å². The molecule has 0 saturated carbocycles. The van der Waals surface area contributed by atoms with E-state index in [9.17, 15) is 14.3 Å². The van der Waals surface area contributed by atoms with Gasteiger partial charge >= 0.3 is 5.97 Å². The van der Waals surface area contributed by atoms with Crippen molar-refractivity contribution in [3.05, 3.63) is 125 Å². The highest BCUT2D eigenvalue weighted by Crippen LogP contribution is 2.29. The smallest absolute Gasteiger partial charge is 0.335 e. The van der Waals surface area contributed by atoms with E-state index >= 15 is 8.78 Å². The normalized spacial score (nSPS) is 14.4. The van der Waals surface area contributed by atoms with Crippen molar-refractivity contribution in [3.63, 3.8) is 0 Å². The molecule has 0 aliphatic carbocycles. The molecule has 232 valence electrons. The number of fused-ring (bicyclic) bond motifs is 1. The summed E-state index contributed by atoms with van der Waals surface area (Å²) in [6, 6.07) is 19.3. The molecule has 1 atom stereocenters. The number of rotatable bonds is 10. The number of carboxylic acids is 1. The number of halogens is 3. The topological polar surface area (TPSA) is 104 Å². The molecule has 3 aromatic heterocycles. The minimum absolute atomic E-state index is 0.0199. The molecule has 9 nitrogen and oxygen atoms in total. The third-order valence-electron chi connectivity index (χ3n) is 7.84. The van der Waals surface area contributed by atoms with Gasteiger partial charge in [0.25, 0.3) is 0 Å². The molecule has 1 N–H and O–H groups in total. The van der Waals surface area contributed by atoms with Gasteiger partial charge in [0.15, 0.2) is 0 Å². The highest BCUT2D eigenvalue weighted by Gasteiger charge is 2.24. The fraction of sp³-hybridized carbons (Fsp3) is 0.176. The molecule has 1 saturated heterocycles. The lowest BCUT2D eigenvalue weighted by Gasteiger charge is -2.27. The summed E-state index contributed by atoms with van der Waals surface area (Å²) < 4.78 is 59.1. The number of ether oxygens (including phenoxy) is 2. The first-order valence-corrected chi connectivity index (χ1v) is 14.5. The highest BCUT2D eigenvalue weighted by atomic mass is 19.1. The van der Waals surface area contributed by atoms with Crippen LogP contribution in [0.2, 0.25) is 0 Å². The monoisotopic (exact) mass is 625 g/mol. The Bertz CT molecular complexity index is 2070. The predicted octanol–water partition coefficient (Wildman–Crippen LogP) is 6.36. The number of carboxylic acid groups (broad SMARTS) is 1. The molecule has 4 heterocycles. The molecule has 0 radical (unpaired) electrons. The number of hydrogen-bond acceptors (Lipinski definition) is 6. The van der Waals surface area contributed by atoms with Crippen molar-refractivity contribution in [1.29, 1.82) is 0 Å². The molecule has 6 aromatic rings. The van der Waals surface area contributed by atoms with Crippen LogP contribution in [0.3, 0.4) is 0 Å². The Morgan fingerprint density at radius 2 is 1.80 bits per heavy atom. The number of pyridine rings is 1. The lowest BCUT2D eigenvalue weighted by Crippen LogP contribution is -2.31. The molecule has 1 aliphatic heterocycles. The minimum atomic E-state index is -1.07. The van der Waals surface area contributed by atoms with Crippen LogP contribution in [0.15, 0.2) is 85.1 Å². The molecule has 1 aliphatic rings. The summed E-state index contributed by atoms with van der Waals surface area (Å²) in [5.41, 5.74) is 2.77. The Morgan fingerprint density at radius 1 is 0.978 bits per heavy atom. The second-order valence-corrected chi connectivity index (χ2v) is 10.9. The summed E-state index contributed by atoms with van der Waals surface area (Å²) in [7, 11) is 0. The summed E-state index contributed by atoms with van der Waals surface area (Å²) in [4.78, 5) is 20.6. The van der Waals surface area contributed by atoms with Crippen molar-refractivity contribution in [2.24, 2.45) is 0 Å². The van der Waals surface area contributed by atoms with Crippen LogP contribution >= 0.6 is 0 Å². The van der Waals surface area contributed by atoms with Gasteiger partial charge in [0.05, 0.1) is 40.6 Å². The summed E-state index contributed by atoms with van der Waals surface area (Å²) >= 11 is 0. The zero-order valence-electron chi connectivity index (χ0n) is 24.2. The lowest BCUT2D eigenvalue weighted by molar-refractivity contribution is -0.0589. The van der Waals surface area contributed by atoms with Gasteiger partial charge in [-0.1, -0.05) is 6.07 Å². The molecule has 0 bridgehead atoms. The summed E-state index contributed by atoms with van der Waals surface area (Å²) in [5, 5.41) is 13.9. The Hall–Kier alpha value is -5.49. The van der Waals surface area contributed by atoms with Crippen LogP contribution in [0.4, 0.5) is 13.2 Å². The van der Waals surface area contributed by atoms with E-state index in [-0.39, 0.29) is 53.2 Å². The van der Waals surface area contributed by atoms with E-state index in [1.54, 1.807) is 53.3 Å². The number of aromatic carboxylic acids is 1. The molecule has 46 heavy (non-hydrogen) atoms. The van der Waals surface area contributed by atoms with Crippen molar-refractivity contribution in [2.45, 2.75) is 32.1 Å². The van der Waals surface area contributed by atoms with E-state index in [4.69, 9.17) is 9.47 Å². The number of aromatic nitrogens is 5. The third-order valence-corrected chi connectivity index (χ3v) is 7.84. The molecular formula is C34H26F3N5O4. The highest BCUT2D eigenvalue weighted by molar-refractivity contribution is 5.92. The van der Waals surface area contributed by atoms with Crippen molar-refractivity contribution < 1.29 is 32.5 Å². The van der Waals surface area contributed by atoms with E-state index < -0.39 is 17.6 Å². The molecule has 3 aromatic carbocycles. The molecular weight excluding hydrogens is 599 g/mol. The van der Waals surface area contributed by atoms with E-state index in [2.05, 4.69) is 15.1 Å². The first kappa shape index (κ1) is 29.2. The Balaban J connectivity index is 1.10. The van der Waals surface area contributed by atoms with Crippen LogP contribution in [0.1, 0.15) is 33.9 Å². The molecule has 0 spiro atoms. The number of imidazole rings is 1. The number of hydrogen-bond donors (Lipinski definition) is 1. The van der Waals surface area contributed by atoms with Crippen molar-refractivity contribution in [1.82, 2.24) is 24.3 Å². The fourth-order valence-corrected chi connectivity index (χ4v) is 5.34. The molecule has 12 heteroatoms. The largest absolute Gasteiger partial charge is 0.478 e. The third kappa shape index (κ3) is 5.94. The van der Waals surface area contributed by atoms with Gasteiger partial charge in [-0.05, 0) is 78.7 Å².